The van der Waals surface area contributed by atoms with Crippen LogP contribution in [-0.4, -0.2) is 102 Å². The van der Waals surface area contributed by atoms with Gasteiger partial charge in [0.2, 0.25) is 11.4 Å². The Balaban J connectivity index is 2.39. The Bertz CT molecular complexity index is 1280. The molecule has 1 aromatic carbocycles. The van der Waals surface area contributed by atoms with Crippen molar-refractivity contribution in [1.82, 2.24) is 10.2 Å². The predicted octanol–water partition coefficient (Wildman–Crippen LogP) is 2.06. The molecule has 0 spiro atoms. The maximum Gasteiger partial charge on any atom is 0.344 e. The summed E-state index contributed by atoms with van der Waals surface area (Å²) in [5, 5.41) is 22.1. The number of carbonyl (C=O) groups excluding carboxylic acids is 4. The first kappa shape index (κ1) is 41.6. The van der Waals surface area contributed by atoms with Crippen molar-refractivity contribution in [3.05, 3.63) is 56.1 Å². The summed E-state index contributed by atoms with van der Waals surface area (Å²) in [5.41, 5.74) is 3.47. The van der Waals surface area contributed by atoms with Gasteiger partial charge in [-0.05, 0) is 71.4 Å². The first-order chi connectivity index (χ1) is 23.7. The van der Waals surface area contributed by atoms with Crippen LogP contribution in [0.1, 0.15) is 77.7 Å². The average Bonchev–Trinajstić information content (AvgIpc) is 3.51. The number of amides is 1. The minimum absolute atomic E-state index is 0.00224. The van der Waals surface area contributed by atoms with Gasteiger partial charge in [0.25, 0.3) is 10.2 Å². The molecule has 1 saturated heterocycles. The number of hydrogen-bond donors (Lipinski definition) is 2. The van der Waals surface area contributed by atoms with Gasteiger partial charge < -0.3 is 34.5 Å². The Morgan fingerprint density at radius 3 is 2.08 bits per heavy atom. The molecule has 3 N–H and O–H groups in total. The molecule has 0 radical (unpaired) electrons. The molecule has 1 aliphatic rings. The van der Waals surface area contributed by atoms with Crippen LogP contribution in [0.4, 0.5) is 0 Å². The van der Waals surface area contributed by atoms with Gasteiger partial charge in [-0.3, -0.25) is 14.9 Å². The third kappa shape index (κ3) is 13.7. The van der Waals surface area contributed by atoms with E-state index in [1.165, 1.54) is 0 Å². The summed E-state index contributed by atoms with van der Waals surface area (Å²) in [6.07, 6.45) is 2.02. The van der Waals surface area contributed by atoms with Crippen LogP contribution in [0.5, 0.6) is 0 Å². The zero-order valence-electron chi connectivity index (χ0n) is 28.9. The van der Waals surface area contributed by atoms with Gasteiger partial charge in [-0.15, -0.1) is 20.2 Å². The van der Waals surface area contributed by atoms with E-state index < -0.39 is 57.2 Å². The van der Waals surface area contributed by atoms with Crippen LogP contribution in [0, 0.1) is 20.2 Å². The summed E-state index contributed by atoms with van der Waals surface area (Å²) in [5.74, 6) is -3.37. The molecule has 0 aliphatic carbocycles. The van der Waals surface area contributed by atoms with E-state index in [2.05, 4.69) is 15.0 Å². The standard InChI is InChI=1S/C32H49N5O13/c1-31(2,3)50-30(41)32(29(40)47-21-11-23-49-37(44)45)17-9-19-35(32)27(38)25(14-7-8-18-33)34-26(16-15-24-12-5-4-6-13-24)28(39)46-20-10-22-48-36(42)43/h4-6,12-13,25-26,34H,7-11,14-23,33H2,1-3H3/t25-,26-,32-/m0/s1. The molecule has 2 rings (SSSR count). The van der Waals surface area contributed by atoms with Gasteiger partial charge in [0.1, 0.15) is 11.6 Å². The second-order valence-electron chi connectivity index (χ2n) is 12.7. The lowest BCUT2D eigenvalue weighted by Gasteiger charge is -2.38. The highest BCUT2D eigenvalue weighted by Crippen LogP contribution is 2.35. The molecule has 18 nitrogen and oxygen atoms in total. The first-order valence-corrected chi connectivity index (χ1v) is 16.6. The maximum atomic E-state index is 14.5. The molecule has 1 amide bonds. The molecule has 0 unspecified atom stereocenters. The zero-order chi connectivity index (χ0) is 37.2. The molecule has 50 heavy (non-hydrogen) atoms. The monoisotopic (exact) mass is 711 g/mol. The van der Waals surface area contributed by atoms with Gasteiger partial charge in [-0.2, -0.15) is 0 Å². The summed E-state index contributed by atoms with van der Waals surface area (Å²) in [7, 11) is 0. The van der Waals surface area contributed by atoms with E-state index in [-0.39, 0.29) is 71.5 Å². The van der Waals surface area contributed by atoms with Crippen molar-refractivity contribution in [3.63, 3.8) is 0 Å². The van der Waals surface area contributed by atoms with Crippen LogP contribution < -0.4 is 11.1 Å². The third-order valence-electron chi connectivity index (χ3n) is 7.67. The molecule has 1 fully saturated rings. The lowest BCUT2D eigenvalue weighted by atomic mass is 9.94. The van der Waals surface area contributed by atoms with Crippen molar-refractivity contribution < 1.29 is 53.2 Å². The van der Waals surface area contributed by atoms with Crippen molar-refractivity contribution in [1.29, 1.82) is 0 Å². The number of rotatable bonds is 23. The highest BCUT2D eigenvalue weighted by atomic mass is 17.0. The second kappa shape index (κ2) is 20.8. The number of carbonyl (C=O) groups is 4. The fourth-order valence-electron chi connectivity index (χ4n) is 5.37. The lowest BCUT2D eigenvalue weighted by Crippen LogP contribution is -2.64. The van der Waals surface area contributed by atoms with Crippen LogP contribution in [-0.2, 0) is 49.5 Å². The number of aryl methyl sites for hydroxylation is 1. The summed E-state index contributed by atoms with van der Waals surface area (Å²) in [4.78, 5) is 86.0. The largest absolute Gasteiger partial charge is 0.464 e. The van der Waals surface area contributed by atoms with Gasteiger partial charge in [-0.25, -0.2) is 9.59 Å². The maximum absolute atomic E-state index is 14.5. The Morgan fingerprint density at radius 2 is 1.50 bits per heavy atom. The summed E-state index contributed by atoms with van der Waals surface area (Å²) >= 11 is 0. The van der Waals surface area contributed by atoms with Gasteiger partial charge >= 0.3 is 17.9 Å². The number of nitrogens with zero attached hydrogens (tertiary/aromatic N) is 3. The molecule has 0 bridgehead atoms. The van der Waals surface area contributed by atoms with Gasteiger partial charge in [0, 0.05) is 19.4 Å². The number of nitrogens with two attached hydrogens (primary N) is 1. The Labute approximate surface area is 290 Å². The van der Waals surface area contributed by atoms with Crippen molar-refractivity contribution in [2.45, 2.75) is 102 Å². The highest BCUT2D eigenvalue weighted by Gasteiger charge is 2.59. The van der Waals surface area contributed by atoms with Crippen LogP contribution in [0.15, 0.2) is 30.3 Å². The number of hydrogen-bond acceptors (Lipinski definition) is 15. The number of nitrogens with one attached hydrogen (secondary N) is 1. The average molecular weight is 712 g/mol. The van der Waals surface area contributed by atoms with E-state index in [1.54, 1.807) is 20.8 Å². The summed E-state index contributed by atoms with van der Waals surface area (Å²) in [6, 6.07) is 7.22. The molecular formula is C32H49N5O13. The normalized spacial score (nSPS) is 16.9. The second-order valence-corrected chi connectivity index (χ2v) is 12.7. The smallest absolute Gasteiger partial charge is 0.344 e. The van der Waals surface area contributed by atoms with Crippen molar-refractivity contribution >= 4 is 23.8 Å². The van der Waals surface area contributed by atoms with Crippen molar-refractivity contribution in [2.24, 2.45) is 5.73 Å². The van der Waals surface area contributed by atoms with Crippen LogP contribution in [0.25, 0.3) is 0 Å². The van der Waals surface area contributed by atoms with E-state index in [0.717, 1.165) is 10.5 Å². The van der Waals surface area contributed by atoms with Crippen LogP contribution in [0.3, 0.4) is 0 Å². The minimum Gasteiger partial charge on any atom is -0.464 e. The van der Waals surface area contributed by atoms with Gasteiger partial charge in [0.05, 0.1) is 32.5 Å². The Morgan fingerprint density at radius 1 is 0.880 bits per heavy atom. The Kier molecular flexibility index (Phi) is 17.3. The highest BCUT2D eigenvalue weighted by molar-refractivity contribution is 6.09. The topological polar surface area (TPSA) is 242 Å². The fourth-order valence-corrected chi connectivity index (χ4v) is 5.37. The van der Waals surface area contributed by atoms with Gasteiger partial charge in [0.15, 0.2) is 0 Å². The first-order valence-electron chi connectivity index (χ1n) is 16.6. The number of benzene rings is 1. The quantitative estimate of drug-likeness (QED) is 0.0412. The van der Waals surface area contributed by atoms with E-state index >= 15 is 0 Å². The molecule has 18 heteroatoms. The molecule has 3 atom stereocenters. The van der Waals surface area contributed by atoms with E-state index in [4.69, 9.17) is 19.9 Å². The Hall–Kier alpha value is -4.58. The number of likely N-dealkylation sites (tertiary alicyclic amines) is 1. The predicted molar refractivity (Wildman–Crippen MR) is 175 cm³/mol. The molecule has 0 aromatic heterocycles. The number of unbranched alkanes of at least 4 members (excludes halogenated alkanes) is 1. The number of ether oxygens (including phenoxy) is 3. The zero-order valence-corrected chi connectivity index (χ0v) is 28.9. The molecule has 1 aliphatic heterocycles. The molecule has 0 saturated carbocycles. The fraction of sp³-hybridized carbons (Fsp3) is 0.688. The minimum atomic E-state index is -2.15. The number of esters is 3. The van der Waals surface area contributed by atoms with Gasteiger partial charge in [-0.1, -0.05) is 36.8 Å². The molecular weight excluding hydrogens is 662 g/mol. The summed E-state index contributed by atoms with van der Waals surface area (Å²) < 4.78 is 16.4. The van der Waals surface area contributed by atoms with E-state index in [9.17, 15) is 39.4 Å². The molecule has 1 heterocycles. The van der Waals surface area contributed by atoms with Crippen LogP contribution in [0.2, 0.25) is 0 Å². The van der Waals surface area contributed by atoms with E-state index in [1.807, 2.05) is 30.3 Å². The molecule has 280 valence electrons. The summed E-state index contributed by atoms with van der Waals surface area (Å²) in [6.45, 7) is 4.07. The third-order valence-corrected chi connectivity index (χ3v) is 7.67. The molecule has 1 aromatic rings. The SMILES string of the molecule is CC(C)(C)OC(=O)[C@@]1(C(=O)OCCCO[N+](=O)[O-])CCCN1C(=O)[C@H](CCCCN)N[C@@H](CCc1ccccc1)C(=O)OCCCO[N+](=O)[O-]. The van der Waals surface area contributed by atoms with Crippen LogP contribution >= 0.6 is 0 Å². The van der Waals surface area contributed by atoms with E-state index in [0.29, 0.717) is 25.8 Å². The lowest BCUT2D eigenvalue weighted by molar-refractivity contribution is -0.757. The van der Waals surface area contributed by atoms with Crippen molar-refractivity contribution in [3.8, 4) is 0 Å². The van der Waals surface area contributed by atoms with Crippen molar-refractivity contribution in [2.75, 3.05) is 39.5 Å².